The van der Waals surface area contributed by atoms with E-state index in [4.69, 9.17) is 10.5 Å². The van der Waals surface area contributed by atoms with Crippen molar-refractivity contribution in [3.05, 3.63) is 10.0 Å². The molecule has 0 atom stereocenters. The van der Waals surface area contributed by atoms with E-state index in [-0.39, 0.29) is 0 Å². The molecule has 134 valence electrons. The highest BCUT2D eigenvalue weighted by atomic mass is 127. The Morgan fingerprint density at radius 1 is 1.16 bits per heavy atom. The maximum Gasteiger partial charge on any atom is 0.165 e. The van der Waals surface area contributed by atoms with Gasteiger partial charge in [-0.2, -0.15) is 5.10 Å². The van der Waals surface area contributed by atoms with Gasteiger partial charge in [0.15, 0.2) is 5.65 Å². The molecule has 3 rings (SSSR count). The van der Waals surface area contributed by atoms with Crippen molar-refractivity contribution in [1.29, 1.82) is 0 Å². The van der Waals surface area contributed by atoms with Gasteiger partial charge in [0.1, 0.15) is 22.4 Å². The predicted octanol–water partition coefficient (Wildman–Crippen LogP) is 0.281. The molecule has 2 aromatic heterocycles. The van der Waals surface area contributed by atoms with E-state index in [1.807, 2.05) is 0 Å². The van der Waals surface area contributed by atoms with Gasteiger partial charge < -0.3 is 10.5 Å². The molecule has 0 unspecified atom stereocenters. The van der Waals surface area contributed by atoms with Gasteiger partial charge in [-0.1, -0.05) is 11.8 Å². The first-order valence-electron chi connectivity index (χ1n) is 8.21. The van der Waals surface area contributed by atoms with Crippen molar-refractivity contribution in [2.45, 2.75) is 6.54 Å². The average molecular weight is 455 g/mol. The van der Waals surface area contributed by atoms with Gasteiger partial charge in [0.05, 0.1) is 18.5 Å². The summed E-state index contributed by atoms with van der Waals surface area (Å²) in [4.78, 5) is 13.1. The average Bonchev–Trinajstić information content (AvgIpc) is 2.95. The van der Waals surface area contributed by atoms with Crippen molar-refractivity contribution in [2.24, 2.45) is 0 Å². The number of methoxy groups -OCH3 is 1. The van der Waals surface area contributed by atoms with Crippen LogP contribution >= 0.6 is 22.6 Å². The van der Waals surface area contributed by atoms with Gasteiger partial charge >= 0.3 is 0 Å². The van der Waals surface area contributed by atoms with E-state index in [2.05, 4.69) is 59.3 Å². The minimum atomic E-state index is 0.458. The van der Waals surface area contributed by atoms with Crippen LogP contribution in [0.4, 0.5) is 5.82 Å². The van der Waals surface area contributed by atoms with Gasteiger partial charge in [0.2, 0.25) is 0 Å². The van der Waals surface area contributed by atoms with Crippen LogP contribution < -0.4 is 5.73 Å². The van der Waals surface area contributed by atoms with Gasteiger partial charge in [-0.3, -0.25) is 9.80 Å². The van der Waals surface area contributed by atoms with Crippen molar-refractivity contribution < 1.29 is 4.74 Å². The maximum atomic E-state index is 5.90. The molecule has 0 bridgehead atoms. The first-order valence-corrected chi connectivity index (χ1v) is 9.28. The van der Waals surface area contributed by atoms with Crippen LogP contribution in [0.25, 0.3) is 11.0 Å². The Labute approximate surface area is 160 Å². The highest BCUT2D eigenvalue weighted by molar-refractivity contribution is 14.1. The third kappa shape index (κ3) is 4.58. The molecular formula is C16H22IN7O. The van der Waals surface area contributed by atoms with Crippen LogP contribution in [0.15, 0.2) is 6.33 Å². The number of hydrogen-bond donors (Lipinski definition) is 1. The molecule has 1 fully saturated rings. The van der Waals surface area contributed by atoms with E-state index in [1.165, 1.54) is 6.33 Å². The number of nitrogen functional groups attached to an aromatic ring is 1. The van der Waals surface area contributed by atoms with Crippen LogP contribution in [-0.2, 0) is 11.3 Å². The lowest BCUT2D eigenvalue weighted by atomic mass is 10.3. The molecule has 0 aromatic carbocycles. The van der Waals surface area contributed by atoms with Crippen molar-refractivity contribution in [1.82, 2.24) is 29.5 Å². The zero-order valence-electron chi connectivity index (χ0n) is 14.3. The molecule has 0 amide bonds. The van der Waals surface area contributed by atoms with E-state index < -0.39 is 0 Å². The lowest BCUT2D eigenvalue weighted by Crippen LogP contribution is -2.47. The SMILES string of the molecule is COCCN1CCN(CC#CCn2nc(I)c3c(N)ncnc32)CC1. The van der Waals surface area contributed by atoms with Crippen LogP contribution in [-0.4, -0.2) is 82.5 Å². The second-order valence-corrected chi connectivity index (χ2v) is 6.89. The van der Waals surface area contributed by atoms with E-state index in [0.29, 0.717) is 12.4 Å². The number of nitrogens with two attached hydrogens (primary N) is 1. The normalized spacial score (nSPS) is 16.1. The smallest absolute Gasteiger partial charge is 0.165 e. The summed E-state index contributed by atoms with van der Waals surface area (Å²) in [7, 11) is 1.75. The lowest BCUT2D eigenvalue weighted by molar-refractivity contribution is 0.103. The molecule has 1 saturated heterocycles. The monoisotopic (exact) mass is 455 g/mol. The summed E-state index contributed by atoms with van der Waals surface area (Å²) in [5.41, 5.74) is 6.63. The first kappa shape index (κ1) is 18.3. The molecular weight excluding hydrogens is 433 g/mol. The van der Waals surface area contributed by atoms with Gasteiger partial charge in [-0.25, -0.2) is 14.6 Å². The molecule has 9 heteroatoms. The number of fused-ring (bicyclic) bond motifs is 1. The summed E-state index contributed by atoms with van der Waals surface area (Å²) in [6.45, 7) is 7.33. The highest BCUT2D eigenvalue weighted by Gasteiger charge is 2.15. The summed E-state index contributed by atoms with van der Waals surface area (Å²) in [5.74, 6) is 6.89. The molecule has 8 nitrogen and oxygen atoms in total. The Balaban J connectivity index is 1.52. The third-order valence-electron chi connectivity index (χ3n) is 4.25. The molecule has 1 aliphatic heterocycles. The molecule has 0 saturated carbocycles. The van der Waals surface area contributed by atoms with E-state index in [0.717, 1.165) is 60.6 Å². The number of halogens is 1. The number of anilines is 1. The molecule has 25 heavy (non-hydrogen) atoms. The van der Waals surface area contributed by atoms with Crippen LogP contribution in [0.3, 0.4) is 0 Å². The van der Waals surface area contributed by atoms with E-state index >= 15 is 0 Å². The number of piperazine rings is 1. The van der Waals surface area contributed by atoms with Gasteiger partial charge in [0, 0.05) is 39.8 Å². The zero-order valence-corrected chi connectivity index (χ0v) is 16.4. The highest BCUT2D eigenvalue weighted by Crippen LogP contribution is 2.22. The number of aromatic nitrogens is 4. The molecule has 0 radical (unpaired) electrons. The molecule has 3 heterocycles. The van der Waals surface area contributed by atoms with Crippen molar-refractivity contribution >= 4 is 39.4 Å². The van der Waals surface area contributed by atoms with Crippen LogP contribution in [0.1, 0.15) is 0 Å². The van der Waals surface area contributed by atoms with Gasteiger partial charge in [-0.05, 0) is 22.6 Å². The summed E-state index contributed by atoms with van der Waals surface area (Å²) in [6.07, 6.45) is 1.46. The predicted molar refractivity (Wildman–Crippen MR) is 105 cm³/mol. The van der Waals surface area contributed by atoms with E-state index in [9.17, 15) is 0 Å². The zero-order chi connectivity index (χ0) is 17.6. The fourth-order valence-electron chi connectivity index (χ4n) is 2.79. The Bertz CT molecular complexity index is 774. The molecule has 0 aliphatic carbocycles. The Morgan fingerprint density at radius 2 is 1.88 bits per heavy atom. The summed E-state index contributed by atoms with van der Waals surface area (Å²) >= 11 is 2.15. The van der Waals surface area contributed by atoms with Gasteiger partial charge in [-0.15, -0.1) is 0 Å². The Kier molecular flexibility index (Phi) is 6.41. The van der Waals surface area contributed by atoms with Crippen molar-refractivity contribution in [3.63, 3.8) is 0 Å². The molecule has 2 aromatic rings. The number of rotatable bonds is 5. The third-order valence-corrected chi connectivity index (χ3v) is 5.00. The molecule has 1 aliphatic rings. The minimum Gasteiger partial charge on any atom is -0.383 e. The van der Waals surface area contributed by atoms with Crippen LogP contribution in [0.2, 0.25) is 0 Å². The summed E-state index contributed by atoms with van der Waals surface area (Å²) < 4.78 is 7.72. The Hall–Kier alpha value is -1.48. The minimum absolute atomic E-state index is 0.458. The second kappa shape index (κ2) is 8.75. The Morgan fingerprint density at radius 3 is 2.64 bits per heavy atom. The lowest BCUT2D eigenvalue weighted by Gasteiger charge is -2.33. The summed E-state index contributed by atoms with van der Waals surface area (Å²) in [5, 5.41) is 5.26. The largest absolute Gasteiger partial charge is 0.383 e. The van der Waals surface area contributed by atoms with Crippen LogP contribution in [0, 0.1) is 15.5 Å². The first-order chi connectivity index (χ1) is 12.2. The van der Waals surface area contributed by atoms with Gasteiger partial charge in [0.25, 0.3) is 0 Å². The fourth-order valence-corrected chi connectivity index (χ4v) is 3.56. The number of hydrogen-bond acceptors (Lipinski definition) is 7. The molecule has 2 N–H and O–H groups in total. The fraction of sp³-hybridized carbons (Fsp3) is 0.562. The van der Waals surface area contributed by atoms with E-state index in [1.54, 1.807) is 11.8 Å². The van der Waals surface area contributed by atoms with Crippen molar-refractivity contribution in [3.8, 4) is 11.8 Å². The van der Waals surface area contributed by atoms with Crippen molar-refractivity contribution in [2.75, 3.05) is 58.7 Å². The number of ether oxygens (including phenoxy) is 1. The van der Waals surface area contributed by atoms with Crippen LogP contribution in [0.5, 0.6) is 0 Å². The summed E-state index contributed by atoms with van der Waals surface area (Å²) in [6, 6.07) is 0. The standard InChI is InChI=1S/C16H22IN7O/c1-25-11-10-23-8-6-22(7-9-23)4-2-3-5-24-16-13(14(17)21-24)15(18)19-12-20-16/h12H,4-11H2,1H3,(H2,18,19,20). The maximum absolute atomic E-state index is 5.90. The second-order valence-electron chi connectivity index (χ2n) is 5.87. The topological polar surface area (TPSA) is 85.3 Å². The quantitative estimate of drug-likeness (QED) is 0.512. The number of nitrogens with zero attached hydrogens (tertiary/aromatic N) is 6. The molecule has 0 spiro atoms.